The van der Waals surface area contributed by atoms with Crippen molar-refractivity contribution in [3.05, 3.63) is 21.9 Å². The maximum Gasteiger partial charge on any atom is 0.160 e. The van der Waals surface area contributed by atoms with Gasteiger partial charge in [0.15, 0.2) is 6.29 Å². The third-order valence-electron chi connectivity index (χ3n) is 2.30. The fourth-order valence-corrected chi connectivity index (χ4v) is 2.24. The molecule has 0 amide bonds. The van der Waals surface area contributed by atoms with Crippen molar-refractivity contribution in [2.45, 2.75) is 26.2 Å². The molecule has 2 nitrogen and oxygen atoms in total. The fourth-order valence-electron chi connectivity index (χ4n) is 1.46. The Morgan fingerprint density at radius 1 is 1.64 bits per heavy atom. The summed E-state index contributed by atoms with van der Waals surface area (Å²) in [5.74, 6) is 0.689. The average Bonchev–Trinajstić information content (AvgIpc) is 2.61. The first-order valence-corrected chi connectivity index (χ1v) is 5.47. The molecule has 1 unspecified atom stereocenters. The van der Waals surface area contributed by atoms with Gasteiger partial charge in [-0.2, -0.15) is 5.26 Å². The first-order chi connectivity index (χ1) is 6.69. The number of carbonyl (C=O) groups is 1. The van der Waals surface area contributed by atoms with Gasteiger partial charge in [-0.1, -0.05) is 13.8 Å². The van der Waals surface area contributed by atoms with Crippen LogP contribution >= 0.6 is 11.3 Å². The molecule has 0 aromatic carbocycles. The van der Waals surface area contributed by atoms with Crippen molar-refractivity contribution in [3.63, 3.8) is 0 Å². The molecule has 1 aromatic heterocycles. The lowest BCUT2D eigenvalue weighted by molar-refractivity contribution is 0.112. The molecule has 1 rings (SSSR count). The van der Waals surface area contributed by atoms with Gasteiger partial charge >= 0.3 is 0 Å². The predicted octanol–water partition coefficient (Wildman–Crippen LogP) is 3.21. The fraction of sp³-hybridized carbons (Fsp3) is 0.455. The van der Waals surface area contributed by atoms with E-state index in [9.17, 15) is 4.79 Å². The first kappa shape index (κ1) is 10.9. The molecule has 0 saturated carbocycles. The minimum absolute atomic E-state index is 0.255. The van der Waals surface area contributed by atoms with E-state index in [4.69, 9.17) is 5.26 Å². The topological polar surface area (TPSA) is 40.9 Å². The molecule has 14 heavy (non-hydrogen) atoms. The molecule has 1 aromatic rings. The highest BCUT2D eigenvalue weighted by Gasteiger charge is 2.16. The number of thiophene rings is 1. The summed E-state index contributed by atoms with van der Waals surface area (Å²) in [4.78, 5) is 11.3. The van der Waals surface area contributed by atoms with Crippen LogP contribution in [0, 0.1) is 17.2 Å². The Morgan fingerprint density at radius 3 is 2.79 bits per heavy atom. The highest BCUT2D eigenvalue weighted by molar-refractivity contribution is 7.11. The highest BCUT2D eigenvalue weighted by Crippen LogP contribution is 2.30. The Hall–Kier alpha value is -1.14. The molecule has 0 radical (unpaired) electrons. The van der Waals surface area contributed by atoms with Crippen LogP contribution in [0.3, 0.4) is 0 Å². The molecular formula is C11H13NOS. The normalized spacial score (nSPS) is 12.4. The highest BCUT2D eigenvalue weighted by atomic mass is 32.1. The molecular weight excluding hydrogens is 194 g/mol. The minimum Gasteiger partial charge on any atom is -0.297 e. The molecule has 0 saturated heterocycles. The summed E-state index contributed by atoms with van der Waals surface area (Å²) < 4.78 is 0. The summed E-state index contributed by atoms with van der Waals surface area (Å²) in [6.45, 7) is 4.19. The van der Waals surface area contributed by atoms with Crippen LogP contribution in [-0.4, -0.2) is 6.29 Å². The van der Waals surface area contributed by atoms with Gasteiger partial charge in [0.2, 0.25) is 0 Å². The van der Waals surface area contributed by atoms with E-state index in [1.807, 2.05) is 11.4 Å². The van der Waals surface area contributed by atoms with E-state index in [-0.39, 0.29) is 5.92 Å². The van der Waals surface area contributed by atoms with Crippen molar-refractivity contribution in [2.24, 2.45) is 5.92 Å². The van der Waals surface area contributed by atoms with Crippen LogP contribution in [0.5, 0.6) is 0 Å². The standard InChI is InChI=1S/C11H13NOS/c1-8(2)11(3-4-12)9-5-10(6-13)14-7-9/h5-8,11H,3H2,1-2H3. The lowest BCUT2D eigenvalue weighted by Gasteiger charge is -2.15. The zero-order valence-electron chi connectivity index (χ0n) is 8.36. The van der Waals surface area contributed by atoms with E-state index >= 15 is 0 Å². The van der Waals surface area contributed by atoms with Crippen molar-refractivity contribution in [3.8, 4) is 6.07 Å². The minimum atomic E-state index is 0.255. The van der Waals surface area contributed by atoms with E-state index in [0.29, 0.717) is 12.3 Å². The lowest BCUT2D eigenvalue weighted by atomic mass is 9.88. The van der Waals surface area contributed by atoms with Crippen molar-refractivity contribution in [2.75, 3.05) is 0 Å². The van der Waals surface area contributed by atoms with Gasteiger partial charge < -0.3 is 0 Å². The van der Waals surface area contributed by atoms with E-state index < -0.39 is 0 Å². The van der Waals surface area contributed by atoms with Gasteiger partial charge in [0, 0.05) is 6.42 Å². The number of nitriles is 1. The zero-order chi connectivity index (χ0) is 10.6. The molecule has 0 N–H and O–H groups in total. The largest absolute Gasteiger partial charge is 0.297 e. The third kappa shape index (κ3) is 2.43. The molecule has 74 valence electrons. The molecule has 0 aliphatic rings. The van der Waals surface area contributed by atoms with E-state index in [0.717, 1.165) is 16.7 Å². The molecule has 3 heteroatoms. The van der Waals surface area contributed by atoms with Crippen molar-refractivity contribution >= 4 is 17.6 Å². The second-order valence-electron chi connectivity index (χ2n) is 3.61. The van der Waals surface area contributed by atoms with Crippen LogP contribution in [0.4, 0.5) is 0 Å². The Kier molecular flexibility index (Phi) is 3.84. The van der Waals surface area contributed by atoms with Crippen LogP contribution in [0.25, 0.3) is 0 Å². The first-order valence-electron chi connectivity index (χ1n) is 4.59. The van der Waals surface area contributed by atoms with Crippen molar-refractivity contribution < 1.29 is 4.79 Å². The van der Waals surface area contributed by atoms with Crippen molar-refractivity contribution in [1.82, 2.24) is 0 Å². The summed E-state index contributed by atoms with van der Waals surface area (Å²) in [7, 11) is 0. The Labute approximate surface area is 88.2 Å². The van der Waals surface area contributed by atoms with Gasteiger partial charge in [-0.25, -0.2) is 0 Å². The number of carbonyl (C=O) groups excluding carboxylic acids is 1. The molecule has 1 atom stereocenters. The molecule has 0 bridgehead atoms. The van der Waals surface area contributed by atoms with Crippen LogP contribution in [0.1, 0.15) is 41.4 Å². The van der Waals surface area contributed by atoms with Gasteiger partial charge in [-0.3, -0.25) is 4.79 Å². The van der Waals surface area contributed by atoms with Gasteiger partial charge in [0.1, 0.15) is 0 Å². The van der Waals surface area contributed by atoms with Crippen molar-refractivity contribution in [1.29, 1.82) is 5.26 Å². The number of hydrogen-bond acceptors (Lipinski definition) is 3. The molecule has 1 heterocycles. The quantitative estimate of drug-likeness (QED) is 0.711. The molecule has 0 spiro atoms. The number of hydrogen-bond donors (Lipinski definition) is 0. The third-order valence-corrected chi connectivity index (χ3v) is 3.18. The van der Waals surface area contributed by atoms with Gasteiger partial charge in [0.25, 0.3) is 0 Å². The summed E-state index contributed by atoms with van der Waals surface area (Å²) in [6, 6.07) is 4.08. The Balaban J connectivity index is 2.88. The summed E-state index contributed by atoms with van der Waals surface area (Å²) in [5.41, 5.74) is 1.12. The molecule has 0 fully saturated rings. The second kappa shape index (κ2) is 4.92. The van der Waals surface area contributed by atoms with E-state index in [1.165, 1.54) is 11.3 Å². The van der Waals surface area contributed by atoms with Crippen LogP contribution in [-0.2, 0) is 0 Å². The number of aldehydes is 1. The number of nitrogens with zero attached hydrogens (tertiary/aromatic N) is 1. The summed E-state index contributed by atoms with van der Waals surface area (Å²) >= 11 is 1.44. The van der Waals surface area contributed by atoms with Gasteiger partial charge in [0.05, 0.1) is 10.9 Å². The van der Waals surface area contributed by atoms with Crippen LogP contribution in [0.2, 0.25) is 0 Å². The smallest absolute Gasteiger partial charge is 0.160 e. The van der Waals surface area contributed by atoms with Crippen LogP contribution in [0.15, 0.2) is 11.4 Å². The average molecular weight is 207 g/mol. The SMILES string of the molecule is CC(C)C(CC#N)c1csc(C=O)c1. The predicted molar refractivity (Wildman–Crippen MR) is 57.5 cm³/mol. The maximum absolute atomic E-state index is 10.5. The molecule has 0 aliphatic heterocycles. The Morgan fingerprint density at radius 2 is 2.36 bits per heavy atom. The van der Waals surface area contributed by atoms with Gasteiger partial charge in [-0.15, -0.1) is 11.3 Å². The zero-order valence-corrected chi connectivity index (χ0v) is 9.17. The van der Waals surface area contributed by atoms with E-state index in [2.05, 4.69) is 19.9 Å². The molecule has 0 aliphatic carbocycles. The number of rotatable bonds is 4. The van der Waals surface area contributed by atoms with E-state index in [1.54, 1.807) is 0 Å². The Bertz CT molecular complexity index is 348. The maximum atomic E-state index is 10.5. The summed E-state index contributed by atoms with van der Waals surface area (Å²) in [6.07, 6.45) is 1.38. The van der Waals surface area contributed by atoms with Crippen LogP contribution < -0.4 is 0 Å². The monoisotopic (exact) mass is 207 g/mol. The summed E-state index contributed by atoms with van der Waals surface area (Å²) in [5, 5.41) is 10.7. The van der Waals surface area contributed by atoms with Gasteiger partial charge in [-0.05, 0) is 28.8 Å². The second-order valence-corrected chi connectivity index (χ2v) is 4.56. The lowest BCUT2D eigenvalue weighted by Crippen LogP contribution is -2.04.